The summed E-state index contributed by atoms with van der Waals surface area (Å²) in [7, 11) is 0. The first-order chi connectivity index (χ1) is 6.12. The van der Waals surface area contributed by atoms with Crippen LogP contribution in [0, 0.1) is 0 Å². The van der Waals surface area contributed by atoms with Crippen LogP contribution >= 0.6 is 0 Å². The van der Waals surface area contributed by atoms with Gasteiger partial charge in [-0.25, -0.2) is 0 Å². The van der Waals surface area contributed by atoms with Gasteiger partial charge in [-0.2, -0.15) is 0 Å². The summed E-state index contributed by atoms with van der Waals surface area (Å²) >= 11 is 0. The van der Waals surface area contributed by atoms with Gasteiger partial charge in [-0.3, -0.25) is 0 Å². The Bertz CT molecular complexity index is 139. The molecule has 0 aromatic rings. The van der Waals surface area contributed by atoms with Crippen molar-refractivity contribution in [2.45, 2.75) is 58.1 Å². The fraction of sp³-hybridized carbons (Fsp3) is 1.00. The molecule has 0 amide bonds. The van der Waals surface area contributed by atoms with Crippen LogP contribution in [0.15, 0.2) is 0 Å². The van der Waals surface area contributed by atoms with E-state index in [1.54, 1.807) is 0 Å². The molecular weight excluding hydrogens is 162 g/mol. The van der Waals surface area contributed by atoms with Gasteiger partial charge in [-0.1, -0.05) is 12.8 Å². The molecule has 0 bridgehead atoms. The number of rotatable bonds is 5. The van der Waals surface area contributed by atoms with Crippen molar-refractivity contribution in [1.29, 1.82) is 0 Å². The molecule has 78 valence electrons. The first-order valence-corrected chi connectivity index (χ1v) is 5.49. The quantitative estimate of drug-likeness (QED) is 0.664. The molecule has 0 spiro atoms. The Morgan fingerprint density at radius 3 is 2.46 bits per heavy atom. The third-order valence-corrected chi connectivity index (χ3v) is 2.81. The summed E-state index contributed by atoms with van der Waals surface area (Å²) in [6.07, 6.45) is 5.78. The molecule has 0 atom stereocenters. The molecule has 0 radical (unpaired) electrons. The Hall–Kier alpha value is -0.0800. The first kappa shape index (κ1) is 11.0. The zero-order valence-electron chi connectivity index (χ0n) is 9.23. The van der Waals surface area contributed by atoms with Crippen LogP contribution in [0.5, 0.6) is 0 Å². The highest BCUT2D eigenvalue weighted by Gasteiger charge is 2.27. The summed E-state index contributed by atoms with van der Waals surface area (Å²) in [6, 6.07) is 0. The summed E-state index contributed by atoms with van der Waals surface area (Å²) in [6.45, 7) is 8.33. The zero-order chi connectivity index (χ0) is 9.73. The van der Waals surface area contributed by atoms with E-state index in [0.29, 0.717) is 11.6 Å². The van der Waals surface area contributed by atoms with Crippen molar-refractivity contribution in [3.63, 3.8) is 0 Å². The highest BCUT2D eigenvalue weighted by molar-refractivity contribution is 4.87. The van der Waals surface area contributed by atoms with E-state index in [9.17, 15) is 0 Å². The van der Waals surface area contributed by atoms with Gasteiger partial charge < -0.3 is 10.1 Å². The Labute approximate surface area is 82.0 Å². The van der Waals surface area contributed by atoms with Gasteiger partial charge in [-0.05, 0) is 33.6 Å². The van der Waals surface area contributed by atoms with Gasteiger partial charge in [-0.15, -0.1) is 0 Å². The minimum Gasteiger partial charge on any atom is -0.377 e. The topological polar surface area (TPSA) is 21.3 Å². The predicted octanol–water partition coefficient (Wildman–Crippen LogP) is 2.33. The maximum Gasteiger partial charge on any atom is 0.0594 e. The summed E-state index contributed by atoms with van der Waals surface area (Å²) in [4.78, 5) is 0. The SMILES string of the molecule is CC(C)OCCNC1(C)CCCC1. The second-order valence-electron chi connectivity index (χ2n) is 4.61. The summed E-state index contributed by atoms with van der Waals surface area (Å²) in [5, 5.41) is 3.59. The van der Waals surface area contributed by atoms with Crippen LogP contribution in [0.3, 0.4) is 0 Å². The normalized spacial score (nSPS) is 21.2. The second kappa shape index (κ2) is 4.97. The van der Waals surface area contributed by atoms with E-state index in [1.165, 1.54) is 25.7 Å². The van der Waals surface area contributed by atoms with Crippen molar-refractivity contribution in [3.05, 3.63) is 0 Å². The van der Waals surface area contributed by atoms with Crippen molar-refractivity contribution < 1.29 is 4.74 Å². The molecule has 1 aliphatic carbocycles. The lowest BCUT2D eigenvalue weighted by molar-refractivity contribution is 0.0765. The van der Waals surface area contributed by atoms with Gasteiger partial charge in [0, 0.05) is 12.1 Å². The van der Waals surface area contributed by atoms with Crippen LogP contribution < -0.4 is 5.32 Å². The lowest BCUT2D eigenvalue weighted by Crippen LogP contribution is -2.41. The van der Waals surface area contributed by atoms with Gasteiger partial charge in [0.15, 0.2) is 0 Å². The van der Waals surface area contributed by atoms with Crippen LogP contribution in [-0.2, 0) is 4.74 Å². The second-order valence-corrected chi connectivity index (χ2v) is 4.61. The maximum atomic E-state index is 5.48. The number of nitrogens with one attached hydrogen (secondary N) is 1. The van der Waals surface area contributed by atoms with Crippen LogP contribution in [0.1, 0.15) is 46.5 Å². The summed E-state index contributed by atoms with van der Waals surface area (Å²) in [5.41, 5.74) is 0.403. The minimum atomic E-state index is 0.359. The van der Waals surface area contributed by atoms with Gasteiger partial charge in [0.1, 0.15) is 0 Å². The van der Waals surface area contributed by atoms with E-state index < -0.39 is 0 Å². The summed E-state index contributed by atoms with van der Waals surface area (Å²) in [5.74, 6) is 0. The number of hydrogen-bond donors (Lipinski definition) is 1. The maximum absolute atomic E-state index is 5.48. The molecule has 1 saturated carbocycles. The lowest BCUT2D eigenvalue weighted by Gasteiger charge is -2.25. The molecule has 1 rings (SSSR count). The molecule has 1 aliphatic rings. The molecule has 0 aromatic carbocycles. The standard InChI is InChI=1S/C11H23NO/c1-10(2)13-9-8-12-11(3)6-4-5-7-11/h10,12H,4-9H2,1-3H3. The van der Waals surface area contributed by atoms with Gasteiger partial charge in [0.05, 0.1) is 12.7 Å². The van der Waals surface area contributed by atoms with Crippen LogP contribution in [0.4, 0.5) is 0 Å². The first-order valence-electron chi connectivity index (χ1n) is 5.49. The Morgan fingerprint density at radius 1 is 1.31 bits per heavy atom. The highest BCUT2D eigenvalue weighted by atomic mass is 16.5. The fourth-order valence-electron chi connectivity index (χ4n) is 1.98. The minimum absolute atomic E-state index is 0.359. The van der Waals surface area contributed by atoms with E-state index >= 15 is 0 Å². The molecule has 1 fully saturated rings. The van der Waals surface area contributed by atoms with E-state index in [4.69, 9.17) is 4.74 Å². The Morgan fingerprint density at radius 2 is 1.92 bits per heavy atom. The number of ether oxygens (including phenoxy) is 1. The van der Waals surface area contributed by atoms with Gasteiger partial charge >= 0.3 is 0 Å². The van der Waals surface area contributed by atoms with Crippen molar-refractivity contribution in [1.82, 2.24) is 5.32 Å². The van der Waals surface area contributed by atoms with Crippen LogP contribution in [0.25, 0.3) is 0 Å². The molecule has 0 saturated heterocycles. The Balaban J connectivity index is 2.04. The molecule has 0 unspecified atom stereocenters. The van der Waals surface area contributed by atoms with Crippen molar-refractivity contribution in [3.8, 4) is 0 Å². The Kier molecular flexibility index (Phi) is 4.20. The average Bonchev–Trinajstić information content (AvgIpc) is 2.47. The monoisotopic (exact) mass is 185 g/mol. The smallest absolute Gasteiger partial charge is 0.0594 e. The molecule has 2 heteroatoms. The molecular formula is C11H23NO. The van der Waals surface area contributed by atoms with E-state index in [0.717, 1.165) is 13.2 Å². The van der Waals surface area contributed by atoms with Crippen LogP contribution in [0.2, 0.25) is 0 Å². The third-order valence-electron chi connectivity index (χ3n) is 2.81. The third kappa shape index (κ3) is 4.10. The van der Waals surface area contributed by atoms with Crippen molar-refractivity contribution in [2.75, 3.05) is 13.2 Å². The molecule has 0 aromatic heterocycles. The predicted molar refractivity (Wildman–Crippen MR) is 56.0 cm³/mol. The number of hydrogen-bond acceptors (Lipinski definition) is 2. The fourth-order valence-corrected chi connectivity index (χ4v) is 1.98. The lowest BCUT2D eigenvalue weighted by atomic mass is 10.0. The van der Waals surface area contributed by atoms with E-state index in [-0.39, 0.29) is 0 Å². The van der Waals surface area contributed by atoms with E-state index in [1.807, 2.05) is 0 Å². The molecule has 0 aliphatic heterocycles. The van der Waals surface area contributed by atoms with E-state index in [2.05, 4.69) is 26.1 Å². The largest absolute Gasteiger partial charge is 0.377 e. The molecule has 13 heavy (non-hydrogen) atoms. The highest BCUT2D eigenvalue weighted by Crippen LogP contribution is 2.28. The zero-order valence-corrected chi connectivity index (χ0v) is 9.23. The molecule has 0 heterocycles. The summed E-state index contributed by atoms with van der Waals surface area (Å²) < 4.78 is 5.48. The average molecular weight is 185 g/mol. The van der Waals surface area contributed by atoms with Crippen molar-refractivity contribution >= 4 is 0 Å². The molecule has 1 N–H and O–H groups in total. The molecule has 2 nitrogen and oxygen atoms in total. The van der Waals surface area contributed by atoms with Gasteiger partial charge in [0.25, 0.3) is 0 Å². The van der Waals surface area contributed by atoms with Crippen molar-refractivity contribution in [2.24, 2.45) is 0 Å². The van der Waals surface area contributed by atoms with Gasteiger partial charge in [0.2, 0.25) is 0 Å². The van der Waals surface area contributed by atoms with Crippen LogP contribution in [-0.4, -0.2) is 24.8 Å².